The molecule has 0 spiro atoms. The minimum atomic E-state index is -0.658. The average Bonchev–Trinajstić information content (AvgIpc) is 2.78. The highest BCUT2D eigenvalue weighted by atomic mass is 16.4. The van der Waals surface area contributed by atoms with Crippen molar-refractivity contribution in [3.8, 4) is 0 Å². The second-order valence-corrected chi connectivity index (χ2v) is 9.66. The molecular formula is C30H56O2. The third-order valence-electron chi connectivity index (χ3n) is 6.44. The first-order chi connectivity index (χ1) is 15.7. The van der Waals surface area contributed by atoms with E-state index in [0.717, 1.165) is 25.7 Å². The molecule has 32 heavy (non-hydrogen) atoms. The van der Waals surface area contributed by atoms with Gasteiger partial charge in [-0.25, -0.2) is 0 Å². The van der Waals surface area contributed by atoms with E-state index in [1.54, 1.807) is 0 Å². The lowest BCUT2D eigenvalue weighted by Gasteiger charge is -2.07. The highest BCUT2D eigenvalue weighted by molar-refractivity contribution is 5.72. The van der Waals surface area contributed by atoms with Gasteiger partial charge in [0.1, 0.15) is 0 Å². The Morgan fingerprint density at radius 3 is 1.38 bits per heavy atom. The van der Waals surface area contributed by atoms with Crippen LogP contribution in [0.25, 0.3) is 0 Å². The summed E-state index contributed by atoms with van der Waals surface area (Å²) in [7, 11) is 0. The van der Waals surface area contributed by atoms with Gasteiger partial charge in [-0.05, 0) is 44.9 Å². The summed E-state index contributed by atoms with van der Waals surface area (Å²) in [6.45, 7) is 4.53. The van der Waals surface area contributed by atoms with Crippen LogP contribution in [0, 0.1) is 5.92 Å². The fourth-order valence-electron chi connectivity index (χ4n) is 4.22. The number of hydrogen-bond donors (Lipinski definition) is 1. The summed E-state index contributed by atoms with van der Waals surface area (Å²) in [5.74, 6) is -0.948. The van der Waals surface area contributed by atoms with E-state index in [0.29, 0.717) is 0 Å². The van der Waals surface area contributed by atoms with Crippen molar-refractivity contribution in [3.05, 3.63) is 24.3 Å². The van der Waals surface area contributed by atoms with Crippen LogP contribution in [0.15, 0.2) is 24.3 Å². The van der Waals surface area contributed by atoms with Crippen LogP contribution in [0.3, 0.4) is 0 Å². The number of carboxylic acids is 1. The normalized spacial score (nSPS) is 12.8. The summed E-state index contributed by atoms with van der Waals surface area (Å²) in [5, 5.41) is 9.46. The van der Waals surface area contributed by atoms with Gasteiger partial charge in [0.15, 0.2) is 0 Å². The fourth-order valence-corrected chi connectivity index (χ4v) is 4.22. The van der Waals surface area contributed by atoms with Crippen LogP contribution in [0.5, 0.6) is 0 Å². The van der Waals surface area contributed by atoms with Gasteiger partial charge in [0.05, 0.1) is 5.92 Å². The van der Waals surface area contributed by atoms with E-state index in [4.69, 9.17) is 0 Å². The van der Waals surface area contributed by atoms with Gasteiger partial charge in [-0.2, -0.15) is 0 Å². The summed E-state index contributed by atoms with van der Waals surface area (Å²) in [6, 6.07) is 0. The van der Waals surface area contributed by atoms with Crippen molar-refractivity contribution >= 4 is 5.97 Å². The standard InChI is InChI=1S/C30H56O2/c1-3-5-7-9-11-13-15-16-17-18-20-22-24-26-28-29(30(31)32)27-25-23-21-19-14-12-10-8-6-4-2/h16-17,25,27,29H,3-15,18-24,26,28H2,1-2H3,(H,31,32)/b17-16-,27-25?. The molecule has 1 unspecified atom stereocenters. The Morgan fingerprint density at radius 1 is 0.562 bits per heavy atom. The maximum absolute atomic E-state index is 11.5. The van der Waals surface area contributed by atoms with Gasteiger partial charge in [0.2, 0.25) is 0 Å². The summed E-state index contributed by atoms with van der Waals surface area (Å²) in [6.07, 6.45) is 36.5. The Labute approximate surface area is 201 Å². The predicted molar refractivity (Wildman–Crippen MR) is 142 cm³/mol. The van der Waals surface area contributed by atoms with E-state index in [-0.39, 0.29) is 5.92 Å². The zero-order valence-electron chi connectivity index (χ0n) is 21.8. The second kappa shape index (κ2) is 26.2. The van der Waals surface area contributed by atoms with E-state index >= 15 is 0 Å². The molecule has 2 nitrogen and oxygen atoms in total. The quantitative estimate of drug-likeness (QED) is 0.111. The summed E-state index contributed by atoms with van der Waals surface area (Å²) >= 11 is 0. The van der Waals surface area contributed by atoms with Crippen molar-refractivity contribution < 1.29 is 9.90 Å². The van der Waals surface area contributed by atoms with Crippen LogP contribution >= 0.6 is 0 Å². The Kier molecular flexibility index (Phi) is 25.3. The molecule has 0 saturated heterocycles. The van der Waals surface area contributed by atoms with E-state index in [9.17, 15) is 9.90 Å². The van der Waals surface area contributed by atoms with Crippen molar-refractivity contribution in [1.82, 2.24) is 0 Å². The molecule has 0 rings (SSSR count). The van der Waals surface area contributed by atoms with Crippen molar-refractivity contribution in [2.24, 2.45) is 5.92 Å². The van der Waals surface area contributed by atoms with E-state index in [2.05, 4.69) is 32.1 Å². The van der Waals surface area contributed by atoms with Gasteiger partial charge in [-0.15, -0.1) is 0 Å². The van der Waals surface area contributed by atoms with Crippen LogP contribution in [-0.4, -0.2) is 11.1 Å². The predicted octanol–water partition coefficient (Wildman–Crippen LogP) is 10.4. The molecule has 2 heteroatoms. The van der Waals surface area contributed by atoms with Crippen LogP contribution in [0.1, 0.15) is 155 Å². The lowest BCUT2D eigenvalue weighted by Crippen LogP contribution is -2.10. The van der Waals surface area contributed by atoms with Gasteiger partial charge < -0.3 is 5.11 Å². The minimum Gasteiger partial charge on any atom is -0.481 e. The van der Waals surface area contributed by atoms with Crippen molar-refractivity contribution in [3.63, 3.8) is 0 Å². The maximum atomic E-state index is 11.5. The first kappa shape index (κ1) is 30.9. The molecule has 0 aromatic heterocycles. The molecule has 0 aliphatic heterocycles. The first-order valence-electron chi connectivity index (χ1n) is 14.3. The molecule has 0 heterocycles. The van der Waals surface area contributed by atoms with Crippen LogP contribution in [0.2, 0.25) is 0 Å². The Hall–Kier alpha value is -1.05. The largest absolute Gasteiger partial charge is 0.481 e. The first-order valence-corrected chi connectivity index (χ1v) is 14.3. The number of rotatable bonds is 25. The fraction of sp³-hybridized carbons (Fsp3) is 0.833. The van der Waals surface area contributed by atoms with E-state index in [1.165, 1.54) is 116 Å². The van der Waals surface area contributed by atoms with Gasteiger partial charge in [0.25, 0.3) is 0 Å². The molecule has 1 N–H and O–H groups in total. The number of unbranched alkanes of at least 4 members (excludes halogenated alkanes) is 18. The van der Waals surface area contributed by atoms with Crippen molar-refractivity contribution in [1.29, 1.82) is 0 Å². The molecule has 0 aromatic rings. The molecular weight excluding hydrogens is 392 g/mol. The van der Waals surface area contributed by atoms with E-state index in [1.807, 2.05) is 6.08 Å². The van der Waals surface area contributed by atoms with Gasteiger partial charge in [-0.3, -0.25) is 4.79 Å². The van der Waals surface area contributed by atoms with Gasteiger partial charge >= 0.3 is 5.97 Å². The summed E-state index contributed by atoms with van der Waals surface area (Å²) in [4.78, 5) is 11.5. The van der Waals surface area contributed by atoms with Crippen LogP contribution in [-0.2, 0) is 4.79 Å². The lowest BCUT2D eigenvalue weighted by molar-refractivity contribution is -0.140. The highest BCUT2D eigenvalue weighted by Gasteiger charge is 2.12. The second-order valence-electron chi connectivity index (χ2n) is 9.66. The number of aliphatic carboxylic acids is 1. The molecule has 0 bridgehead atoms. The van der Waals surface area contributed by atoms with Gasteiger partial charge in [0, 0.05) is 0 Å². The molecule has 188 valence electrons. The molecule has 0 radical (unpaired) electrons. The number of carbonyl (C=O) groups is 1. The molecule has 0 aromatic carbocycles. The molecule has 1 atom stereocenters. The smallest absolute Gasteiger partial charge is 0.310 e. The third kappa shape index (κ3) is 23.6. The van der Waals surface area contributed by atoms with Crippen LogP contribution < -0.4 is 0 Å². The lowest BCUT2D eigenvalue weighted by atomic mass is 9.99. The van der Waals surface area contributed by atoms with Crippen LogP contribution in [0.4, 0.5) is 0 Å². The zero-order valence-corrected chi connectivity index (χ0v) is 21.8. The third-order valence-corrected chi connectivity index (χ3v) is 6.44. The minimum absolute atomic E-state index is 0.290. The monoisotopic (exact) mass is 448 g/mol. The summed E-state index contributed by atoms with van der Waals surface area (Å²) in [5.41, 5.74) is 0. The molecule has 0 aliphatic rings. The Bertz CT molecular complexity index is 438. The van der Waals surface area contributed by atoms with E-state index < -0.39 is 5.97 Å². The SMILES string of the molecule is CCCCCCCC/C=C\CCCCCCC(C=CCCCCCCCCCC)C(=O)O. The van der Waals surface area contributed by atoms with Gasteiger partial charge in [-0.1, -0.05) is 134 Å². The topological polar surface area (TPSA) is 37.3 Å². The highest BCUT2D eigenvalue weighted by Crippen LogP contribution is 2.15. The number of carboxylic acid groups (broad SMARTS) is 1. The molecule has 0 fully saturated rings. The Morgan fingerprint density at radius 2 is 0.938 bits per heavy atom. The molecule has 0 aliphatic carbocycles. The molecule has 0 saturated carbocycles. The maximum Gasteiger partial charge on any atom is 0.310 e. The Balaban J connectivity index is 3.57. The average molecular weight is 449 g/mol. The number of allylic oxidation sites excluding steroid dienone is 3. The number of hydrogen-bond acceptors (Lipinski definition) is 1. The zero-order chi connectivity index (χ0) is 23.5. The summed E-state index contributed by atoms with van der Waals surface area (Å²) < 4.78 is 0. The molecule has 0 amide bonds. The van der Waals surface area contributed by atoms with Crippen molar-refractivity contribution in [2.75, 3.05) is 0 Å². The van der Waals surface area contributed by atoms with Crippen molar-refractivity contribution in [2.45, 2.75) is 155 Å².